The third-order valence-electron chi connectivity index (χ3n) is 2.14. The maximum absolute atomic E-state index is 10.4. The fourth-order valence-corrected chi connectivity index (χ4v) is 1.34. The lowest BCUT2D eigenvalue weighted by Crippen LogP contribution is -2.29. The van der Waals surface area contributed by atoms with E-state index < -0.39 is 11.9 Å². The molecule has 0 aromatic carbocycles. The Morgan fingerprint density at radius 1 is 0.875 bits per heavy atom. The molecule has 3 N–H and O–H groups in total. The van der Waals surface area contributed by atoms with Crippen LogP contribution in [0.5, 0.6) is 0 Å². The first-order valence-corrected chi connectivity index (χ1v) is 5.33. The van der Waals surface area contributed by atoms with Gasteiger partial charge in [0.1, 0.15) is 0 Å². The molecule has 0 fully saturated rings. The molecule has 0 aliphatic carbocycles. The molecule has 16 heavy (non-hydrogen) atoms. The van der Waals surface area contributed by atoms with E-state index >= 15 is 0 Å². The highest BCUT2D eigenvalue weighted by Crippen LogP contribution is 1.99. The van der Waals surface area contributed by atoms with Gasteiger partial charge in [0.15, 0.2) is 0 Å². The van der Waals surface area contributed by atoms with Gasteiger partial charge in [0, 0.05) is 26.1 Å². The lowest BCUT2D eigenvalue weighted by atomic mass is 10.2. The normalized spacial score (nSPS) is 10.6. The summed E-state index contributed by atoms with van der Waals surface area (Å²) in [6, 6.07) is 0. The molecule has 0 unspecified atom stereocenters. The summed E-state index contributed by atoms with van der Waals surface area (Å²) >= 11 is 0. The van der Waals surface area contributed by atoms with Crippen LogP contribution < -0.4 is 0 Å². The van der Waals surface area contributed by atoms with Crippen LogP contribution in [-0.2, 0) is 9.59 Å². The summed E-state index contributed by atoms with van der Waals surface area (Å²) in [4.78, 5) is 22.6. The van der Waals surface area contributed by atoms with E-state index in [2.05, 4.69) is 0 Å². The first kappa shape index (κ1) is 14.9. The summed E-state index contributed by atoms with van der Waals surface area (Å²) in [6.07, 6.45) is 1.20. The van der Waals surface area contributed by atoms with Crippen molar-refractivity contribution in [1.82, 2.24) is 4.90 Å². The Hall–Kier alpha value is -1.14. The Bertz CT molecular complexity index is 219. The van der Waals surface area contributed by atoms with Crippen molar-refractivity contribution < 1.29 is 24.9 Å². The van der Waals surface area contributed by atoms with Crippen LogP contribution >= 0.6 is 0 Å². The minimum Gasteiger partial charge on any atom is -0.481 e. The summed E-state index contributed by atoms with van der Waals surface area (Å²) < 4.78 is 0. The van der Waals surface area contributed by atoms with Gasteiger partial charge in [0.25, 0.3) is 0 Å². The number of aliphatic hydroxyl groups is 1. The Labute approximate surface area is 94.5 Å². The van der Waals surface area contributed by atoms with Gasteiger partial charge in [-0.3, -0.25) is 9.59 Å². The molecule has 0 aliphatic heterocycles. The van der Waals surface area contributed by atoms with Gasteiger partial charge >= 0.3 is 11.9 Å². The molecule has 0 heterocycles. The smallest absolute Gasteiger partial charge is 0.304 e. The first-order chi connectivity index (χ1) is 7.56. The zero-order chi connectivity index (χ0) is 12.4. The molecule has 0 radical (unpaired) electrons. The van der Waals surface area contributed by atoms with Gasteiger partial charge in [-0.25, -0.2) is 0 Å². The zero-order valence-corrected chi connectivity index (χ0v) is 9.26. The molecule has 0 aromatic heterocycles. The molecule has 6 heteroatoms. The fraction of sp³-hybridized carbons (Fsp3) is 0.800. The van der Waals surface area contributed by atoms with Crippen LogP contribution in [0.4, 0.5) is 0 Å². The number of carboxylic acid groups (broad SMARTS) is 2. The lowest BCUT2D eigenvalue weighted by Gasteiger charge is -2.20. The van der Waals surface area contributed by atoms with Gasteiger partial charge in [0.05, 0.1) is 6.42 Å². The topological polar surface area (TPSA) is 98.1 Å². The summed E-state index contributed by atoms with van der Waals surface area (Å²) in [5.74, 6) is -1.72. The Kier molecular flexibility index (Phi) is 8.46. The van der Waals surface area contributed by atoms with Crippen LogP contribution in [0.2, 0.25) is 0 Å². The number of aliphatic hydroxyl groups excluding tert-OH is 1. The lowest BCUT2D eigenvalue weighted by molar-refractivity contribution is -0.138. The molecule has 0 bridgehead atoms. The van der Waals surface area contributed by atoms with Gasteiger partial charge in [-0.05, 0) is 19.4 Å². The van der Waals surface area contributed by atoms with Crippen molar-refractivity contribution in [1.29, 1.82) is 0 Å². The Balaban J connectivity index is 3.79. The van der Waals surface area contributed by atoms with Crippen LogP contribution in [0, 0.1) is 0 Å². The molecule has 0 aromatic rings. The maximum Gasteiger partial charge on any atom is 0.304 e. The molecular weight excluding hydrogens is 214 g/mol. The molecule has 0 amide bonds. The average Bonchev–Trinajstić information content (AvgIpc) is 2.20. The highest BCUT2D eigenvalue weighted by Gasteiger charge is 2.08. The number of carbonyl (C=O) groups is 2. The zero-order valence-electron chi connectivity index (χ0n) is 9.26. The molecule has 0 saturated carbocycles. The van der Waals surface area contributed by atoms with Crippen LogP contribution in [0.25, 0.3) is 0 Å². The monoisotopic (exact) mass is 233 g/mol. The van der Waals surface area contributed by atoms with E-state index in [-0.39, 0.29) is 19.4 Å². The van der Waals surface area contributed by atoms with Crippen molar-refractivity contribution in [3.8, 4) is 0 Å². The van der Waals surface area contributed by atoms with Gasteiger partial charge in [-0.15, -0.1) is 0 Å². The first-order valence-electron chi connectivity index (χ1n) is 5.33. The molecule has 94 valence electrons. The van der Waals surface area contributed by atoms with Crippen molar-refractivity contribution in [2.24, 2.45) is 0 Å². The predicted molar refractivity (Wildman–Crippen MR) is 57.3 cm³/mol. The standard InChI is InChI=1S/C10H19NO5/c12-8-2-6-11(7-4-10(15)16)5-1-3-9(13)14/h12H,1-8H2,(H,13,14)(H,15,16). The van der Waals surface area contributed by atoms with E-state index in [0.29, 0.717) is 32.5 Å². The Morgan fingerprint density at radius 3 is 1.94 bits per heavy atom. The van der Waals surface area contributed by atoms with E-state index in [1.54, 1.807) is 0 Å². The summed E-state index contributed by atoms with van der Waals surface area (Å²) in [6.45, 7) is 1.61. The fourth-order valence-electron chi connectivity index (χ4n) is 1.34. The average molecular weight is 233 g/mol. The molecule has 0 rings (SSSR count). The third-order valence-corrected chi connectivity index (χ3v) is 2.14. The second-order valence-corrected chi connectivity index (χ2v) is 3.56. The van der Waals surface area contributed by atoms with Crippen molar-refractivity contribution in [3.05, 3.63) is 0 Å². The van der Waals surface area contributed by atoms with Gasteiger partial charge in [-0.2, -0.15) is 0 Å². The highest BCUT2D eigenvalue weighted by atomic mass is 16.4. The Morgan fingerprint density at radius 2 is 1.44 bits per heavy atom. The maximum atomic E-state index is 10.4. The van der Waals surface area contributed by atoms with E-state index in [4.69, 9.17) is 15.3 Å². The van der Waals surface area contributed by atoms with Crippen molar-refractivity contribution >= 4 is 11.9 Å². The number of nitrogens with zero attached hydrogens (tertiary/aromatic N) is 1. The van der Waals surface area contributed by atoms with E-state index in [9.17, 15) is 9.59 Å². The summed E-state index contributed by atoms with van der Waals surface area (Å²) in [7, 11) is 0. The minimum atomic E-state index is -0.868. The summed E-state index contributed by atoms with van der Waals surface area (Å²) in [5, 5.41) is 25.7. The van der Waals surface area contributed by atoms with Crippen LogP contribution in [0.3, 0.4) is 0 Å². The van der Waals surface area contributed by atoms with Gasteiger partial charge < -0.3 is 20.2 Å². The largest absolute Gasteiger partial charge is 0.481 e. The molecule has 0 aliphatic rings. The van der Waals surface area contributed by atoms with E-state index in [0.717, 1.165) is 0 Å². The van der Waals surface area contributed by atoms with Crippen LogP contribution in [-0.4, -0.2) is 58.4 Å². The SMILES string of the molecule is O=C(O)CCCN(CCCO)CCC(=O)O. The van der Waals surface area contributed by atoms with Crippen molar-refractivity contribution in [3.63, 3.8) is 0 Å². The quantitative estimate of drug-likeness (QED) is 0.491. The second-order valence-electron chi connectivity index (χ2n) is 3.56. The number of hydrogen-bond acceptors (Lipinski definition) is 4. The van der Waals surface area contributed by atoms with Crippen molar-refractivity contribution in [2.45, 2.75) is 25.7 Å². The molecule has 0 atom stereocenters. The van der Waals surface area contributed by atoms with E-state index in [1.807, 2.05) is 4.90 Å². The van der Waals surface area contributed by atoms with Crippen molar-refractivity contribution in [2.75, 3.05) is 26.2 Å². The molecule has 6 nitrogen and oxygen atoms in total. The summed E-state index contributed by atoms with van der Waals surface area (Å²) in [5.41, 5.74) is 0. The molecular formula is C10H19NO5. The third kappa shape index (κ3) is 9.42. The molecule has 0 saturated heterocycles. The minimum absolute atomic E-state index is 0.0402. The number of aliphatic carboxylic acids is 2. The predicted octanol–water partition coefficient (Wildman–Crippen LogP) is 0.0103. The second kappa shape index (κ2) is 9.11. The van der Waals surface area contributed by atoms with Gasteiger partial charge in [0.2, 0.25) is 0 Å². The van der Waals surface area contributed by atoms with Crippen LogP contribution in [0.15, 0.2) is 0 Å². The van der Waals surface area contributed by atoms with Gasteiger partial charge in [-0.1, -0.05) is 0 Å². The number of carboxylic acids is 2. The van der Waals surface area contributed by atoms with Crippen LogP contribution in [0.1, 0.15) is 25.7 Å². The molecule has 0 spiro atoms. The highest BCUT2D eigenvalue weighted by molar-refractivity contribution is 5.67. The number of hydrogen-bond donors (Lipinski definition) is 3. The van der Waals surface area contributed by atoms with E-state index in [1.165, 1.54) is 0 Å². The number of rotatable bonds is 10.